The van der Waals surface area contributed by atoms with Crippen molar-refractivity contribution in [3.63, 3.8) is 0 Å². The summed E-state index contributed by atoms with van der Waals surface area (Å²) >= 11 is 3.34. The maximum atomic E-state index is 13.6. The number of hydrogen-bond donors (Lipinski definition) is 2. The smallest absolute Gasteiger partial charge is 0.258 e. The molecular weight excluding hydrogens is 337 g/mol. The molecule has 2 aromatic carbocycles. The van der Waals surface area contributed by atoms with Crippen LogP contribution in [0.2, 0.25) is 0 Å². The molecule has 0 aliphatic rings. The summed E-state index contributed by atoms with van der Waals surface area (Å²) in [5.41, 5.74) is 0.747. The van der Waals surface area contributed by atoms with E-state index in [-0.39, 0.29) is 17.4 Å². The Morgan fingerprint density at radius 3 is 2.52 bits per heavy atom. The number of carbonyl (C=O) groups excluding carboxylic acids is 1. The molecule has 0 fully saturated rings. The van der Waals surface area contributed by atoms with Crippen LogP contribution in [0.25, 0.3) is 0 Å². The molecule has 1 atom stereocenters. The van der Waals surface area contributed by atoms with E-state index in [1.165, 1.54) is 12.1 Å². The summed E-state index contributed by atoms with van der Waals surface area (Å²) < 4.78 is 13.6. The summed E-state index contributed by atoms with van der Waals surface area (Å²) in [6, 6.07) is 13.3. The number of rotatable bonds is 5. The number of phenolic OH excluding ortho intramolecular Hbond substituents is 1. The van der Waals surface area contributed by atoms with Gasteiger partial charge in [0.25, 0.3) is 5.91 Å². The average molecular weight is 352 g/mol. The minimum Gasteiger partial charge on any atom is -0.507 e. The van der Waals surface area contributed by atoms with Crippen molar-refractivity contribution in [2.75, 3.05) is 5.33 Å². The fourth-order valence-electron chi connectivity index (χ4n) is 2.04. The molecule has 0 radical (unpaired) electrons. The summed E-state index contributed by atoms with van der Waals surface area (Å²) in [6.07, 6.45) is 0.618. The molecule has 5 heteroatoms. The summed E-state index contributed by atoms with van der Waals surface area (Å²) in [5, 5.41) is 12.9. The van der Waals surface area contributed by atoms with Crippen LogP contribution in [0, 0.1) is 5.82 Å². The molecule has 0 spiro atoms. The highest BCUT2D eigenvalue weighted by atomic mass is 79.9. The Kier molecular flexibility index (Phi) is 5.33. The van der Waals surface area contributed by atoms with Gasteiger partial charge in [0.05, 0.1) is 0 Å². The second-order valence-electron chi connectivity index (χ2n) is 4.65. The van der Waals surface area contributed by atoms with Gasteiger partial charge in [-0.15, -0.1) is 0 Å². The molecule has 0 bridgehead atoms. The lowest BCUT2D eigenvalue weighted by Gasteiger charge is -2.17. The van der Waals surface area contributed by atoms with E-state index in [9.17, 15) is 14.3 Å². The van der Waals surface area contributed by atoms with E-state index in [1.807, 2.05) is 30.3 Å². The first-order valence-electron chi connectivity index (χ1n) is 6.50. The molecule has 0 aliphatic heterocycles. The van der Waals surface area contributed by atoms with Crippen LogP contribution in [-0.2, 0) is 6.42 Å². The van der Waals surface area contributed by atoms with Gasteiger partial charge in [0.1, 0.15) is 17.1 Å². The van der Waals surface area contributed by atoms with Crippen LogP contribution >= 0.6 is 15.9 Å². The fourth-order valence-corrected chi connectivity index (χ4v) is 2.43. The number of alkyl halides is 1. The molecular formula is C16H15BrFNO2. The van der Waals surface area contributed by atoms with Crippen molar-refractivity contribution in [2.24, 2.45) is 0 Å². The molecule has 0 heterocycles. The van der Waals surface area contributed by atoms with Gasteiger partial charge in [0.2, 0.25) is 0 Å². The molecule has 3 nitrogen and oxygen atoms in total. The maximum Gasteiger partial charge on any atom is 0.258 e. The van der Waals surface area contributed by atoms with E-state index in [0.717, 1.165) is 11.6 Å². The van der Waals surface area contributed by atoms with Crippen LogP contribution in [0.4, 0.5) is 4.39 Å². The predicted octanol–water partition coefficient (Wildman–Crippen LogP) is 3.27. The van der Waals surface area contributed by atoms with Crippen molar-refractivity contribution < 1.29 is 14.3 Å². The first kappa shape index (κ1) is 15.5. The maximum absolute atomic E-state index is 13.6. The predicted molar refractivity (Wildman–Crippen MR) is 83.3 cm³/mol. The Hall–Kier alpha value is -1.88. The number of carbonyl (C=O) groups is 1. The van der Waals surface area contributed by atoms with Crippen LogP contribution in [0.15, 0.2) is 48.5 Å². The first-order valence-corrected chi connectivity index (χ1v) is 7.62. The Morgan fingerprint density at radius 2 is 1.90 bits per heavy atom. The third-order valence-electron chi connectivity index (χ3n) is 3.07. The Balaban J connectivity index is 2.10. The lowest BCUT2D eigenvalue weighted by molar-refractivity contribution is 0.0934. The number of phenols is 1. The second-order valence-corrected chi connectivity index (χ2v) is 5.30. The zero-order chi connectivity index (χ0) is 15.2. The van der Waals surface area contributed by atoms with Crippen molar-refractivity contribution in [3.8, 4) is 5.75 Å². The van der Waals surface area contributed by atoms with Crippen molar-refractivity contribution in [1.82, 2.24) is 5.32 Å². The summed E-state index contributed by atoms with van der Waals surface area (Å²) in [4.78, 5) is 12.1. The van der Waals surface area contributed by atoms with Crippen LogP contribution in [-0.4, -0.2) is 22.4 Å². The number of benzene rings is 2. The van der Waals surface area contributed by atoms with Crippen molar-refractivity contribution in [2.45, 2.75) is 12.5 Å². The Bertz CT molecular complexity index is 599. The molecule has 1 amide bonds. The highest BCUT2D eigenvalue weighted by Crippen LogP contribution is 2.20. The average Bonchev–Trinajstić information content (AvgIpc) is 2.47. The van der Waals surface area contributed by atoms with Crippen LogP contribution in [0.3, 0.4) is 0 Å². The van der Waals surface area contributed by atoms with Crippen molar-refractivity contribution in [1.29, 1.82) is 0 Å². The van der Waals surface area contributed by atoms with E-state index in [0.29, 0.717) is 11.8 Å². The number of halogens is 2. The molecule has 2 N–H and O–H groups in total. The molecule has 110 valence electrons. The van der Waals surface area contributed by atoms with Crippen LogP contribution in [0.5, 0.6) is 5.75 Å². The quantitative estimate of drug-likeness (QED) is 0.812. The van der Waals surface area contributed by atoms with Crippen molar-refractivity contribution in [3.05, 3.63) is 65.5 Å². The van der Waals surface area contributed by atoms with Gasteiger partial charge in [-0.2, -0.15) is 0 Å². The van der Waals surface area contributed by atoms with Gasteiger partial charge in [-0.1, -0.05) is 52.3 Å². The molecule has 21 heavy (non-hydrogen) atoms. The van der Waals surface area contributed by atoms with E-state index in [1.54, 1.807) is 0 Å². The zero-order valence-electron chi connectivity index (χ0n) is 11.2. The number of nitrogens with one attached hydrogen (secondary N) is 1. The Labute approximate surface area is 130 Å². The van der Waals surface area contributed by atoms with Gasteiger partial charge >= 0.3 is 0 Å². The van der Waals surface area contributed by atoms with Crippen LogP contribution < -0.4 is 5.32 Å². The van der Waals surface area contributed by atoms with Crippen molar-refractivity contribution >= 4 is 21.8 Å². The minimum atomic E-state index is -0.736. The highest BCUT2D eigenvalue weighted by molar-refractivity contribution is 9.09. The van der Waals surface area contributed by atoms with Gasteiger partial charge in [0, 0.05) is 11.4 Å². The largest absolute Gasteiger partial charge is 0.507 e. The Morgan fingerprint density at radius 1 is 1.19 bits per heavy atom. The summed E-state index contributed by atoms with van der Waals surface area (Å²) in [6.45, 7) is 0. The zero-order valence-corrected chi connectivity index (χ0v) is 12.8. The van der Waals surface area contributed by atoms with Gasteiger partial charge in [-0.3, -0.25) is 4.79 Å². The molecule has 0 saturated carbocycles. The van der Waals surface area contributed by atoms with E-state index < -0.39 is 11.7 Å². The second kappa shape index (κ2) is 7.22. The highest BCUT2D eigenvalue weighted by Gasteiger charge is 2.19. The lowest BCUT2D eigenvalue weighted by Crippen LogP contribution is -2.38. The molecule has 0 aromatic heterocycles. The lowest BCUT2D eigenvalue weighted by atomic mass is 10.1. The molecule has 2 rings (SSSR count). The van der Waals surface area contributed by atoms with Gasteiger partial charge in [-0.25, -0.2) is 4.39 Å². The first-order chi connectivity index (χ1) is 10.1. The SMILES string of the molecule is O=C(NC(CBr)Cc1ccccc1)c1c(O)cccc1F. The normalized spacial score (nSPS) is 11.9. The minimum absolute atomic E-state index is 0.195. The number of amides is 1. The fraction of sp³-hybridized carbons (Fsp3) is 0.188. The van der Waals surface area contributed by atoms with Gasteiger partial charge in [0.15, 0.2) is 0 Å². The summed E-state index contributed by atoms with van der Waals surface area (Å²) in [5.74, 6) is -1.72. The third-order valence-corrected chi connectivity index (χ3v) is 3.85. The monoisotopic (exact) mass is 351 g/mol. The topological polar surface area (TPSA) is 49.3 Å². The third kappa shape index (κ3) is 4.04. The van der Waals surface area contributed by atoms with Gasteiger partial charge < -0.3 is 10.4 Å². The van der Waals surface area contributed by atoms with Crippen LogP contribution in [0.1, 0.15) is 15.9 Å². The summed E-state index contributed by atoms with van der Waals surface area (Å²) in [7, 11) is 0. The van der Waals surface area contributed by atoms with E-state index in [2.05, 4.69) is 21.2 Å². The van der Waals surface area contributed by atoms with E-state index >= 15 is 0 Å². The molecule has 0 aliphatic carbocycles. The molecule has 1 unspecified atom stereocenters. The van der Waals surface area contributed by atoms with Gasteiger partial charge in [-0.05, 0) is 24.1 Å². The molecule has 0 saturated heterocycles. The van der Waals surface area contributed by atoms with E-state index in [4.69, 9.17) is 0 Å². The standard InChI is InChI=1S/C16H15BrFNO2/c17-10-12(9-11-5-2-1-3-6-11)19-16(21)15-13(18)7-4-8-14(15)20/h1-8,12,20H,9-10H2,(H,19,21). The number of aromatic hydroxyl groups is 1. The molecule has 2 aromatic rings. The number of hydrogen-bond acceptors (Lipinski definition) is 2.